The second-order valence-electron chi connectivity index (χ2n) is 16.9. The first-order chi connectivity index (χ1) is 32.8. The summed E-state index contributed by atoms with van der Waals surface area (Å²) in [7, 11) is 0. The van der Waals surface area contributed by atoms with Gasteiger partial charge in [0.2, 0.25) is 0 Å². The highest BCUT2D eigenvalue weighted by atomic mass is 15.2. The van der Waals surface area contributed by atoms with Crippen LogP contribution in [-0.4, -0.2) is 9.13 Å². The largest absolute Gasteiger partial charge is 0.309 e. The molecule has 0 fully saturated rings. The Hall–Kier alpha value is -8.86. The van der Waals surface area contributed by atoms with Gasteiger partial charge in [-0.3, -0.25) is 0 Å². The van der Waals surface area contributed by atoms with Gasteiger partial charge >= 0.3 is 0 Å². The van der Waals surface area contributed by atoms with Gasteiger partial charge in [-0.25, -0.2) is 0 Å². The number of aromatic nitrogens is 2. The molecule has 0 spiro atoms. The molecule has 11 aromatic carbocycles. The van der Waals surface area contributed by atoms with E-state index in [2.05, 4.69) is 274 Å². The molecule has 2 aromatic heterocycles. The fraction of sp³-hybridized carbons (Fsp3) is 0. The molecule has 0 unspecified atom stereocenters. The van der Waals surface area contributed by atoms with E-state index >= 15 is 0 Å². The van der Waals surface area contributed by atoms with Crippen molar-refractivity contribution in [3.63, 3.8) is 0 Å². The van der Waals surface area contributed by atoms with Gasteiger partial charge in [-0.05, 0) is 97.1 Å². The van der Waals surface area contributed by atoms with Gasteiger partial charge < -0.3 is 18.9 Å². The molecular formula is C62H42N4. The number of nitrogens with zero attached hydrogens (tertiary/aromatic N) is 4. The first-order valence-corrected chi connectivity index (χ1v) is 22.6. The fourth-order valence-corrected chi connectivity index (χ4v) is 10.4. The van der Waals surface area contributed by atoms with Gasteiger partial charge in [0.1, 0.15) is 0 Å². The third-order valence-corrected chi connectivity index (χ3v) is 13.2. The highest BCUT2D eigenvalue weighted by molar-refractivity contribution is 6.23. The van der Waals surface area contributed by atoms with Crippen LogP contribution in [0.25, 0.3) is 76.5 Å². The van der Waals surface area contributed by atoms with E-state index in [9.17, 15) is 0 Å². The maximum atomic E-state index is 2.44. The van der Waals surface area contributed by atoms with Crippen LogP contribution in [0.2, 0.25) is 0 Å². The van der Waals surface area contributed by atoms with E-state index in [1.807, 2.05) is 0 Å². The molecule has 0 N–H and O–H groups in total. The normalized spacial score (nSPS) is 11.6. The summed E-state index contributed by atoms with van der Waals surface area (Å²) in [6.45, 7) is 0. The van der Waals surface area contributed by atoms with Crippen LogP contribution in [0.3, 0.4) is 0 Å². The Balaban J connectivity index is 1.01. The first kappa shape index (κ1) is 37.7. The summed E-state index contributed by atoms with van der Waals surface area (Å²) >= 11 is 0. The molecule has 0 amide bonds. The van der Waals surface area contributed by atoms with Gasteiger partial charge in [-0.15, -0.1) is 0 Å². The molecule has 0 aliphatic rings. The Labute approximate surface area is 382 Å². The van der Waals surface area contributed by atoms with E-state index in [1.54, 1.807) is 0 Å². The van der Waals surface area contributed by atoms with E-state index in [-0.39, 0.29) is 0 Å². The van der Waals surface area contributed by atoms with Crippen molar-refractivity contribution < 1.29 is 0 Å². The van der Waals surface area contributed by atoms with Crippen molar-refractivity contribution in [2.24, 2.45) is 0 Å². The van der Waals surface area contributed by atoms with E-state index in [1.165, 1.54) is 43.6 Å². The molecule has 4 nitrogen and oxygen atoms in total. The minimum atomic E-state index is 1.08. The number of rotatable bonds is 8. The van der Waals surface area contributed by atoms with E-state index < -0.39 is 0 Å². The summed E-state index contributed by atoms with van der Waals surface area (Å²) in [5, 5.41) is 9.64. The summed E-state index contributed by atoms with van der Waals surface area (Å²) < 4.78 is 4.77. The van der Waals surface area contributed by atoms with Crippen molar-refractivity contribution in [2.75, 3.05) is 9.80 Å². The molecule has 13 aromatic rings. The average molecular weight is 843 g/mol. The molecule has 66 heavy (non-hydrogen) atoms. The van der Waals surface area contributed by atoms with Gasteiger partial charge in [0.15, 0.2) is 0 Å². The number of fused-ring (bicyclic) bond motifs is 8. The van der Waals surface area contributed by atoms with Gasteiger partial charge in [0, 0.05) is 77.2 Å². The lowest BCUT2D eigenvalue weighted by atomic mass is 9.95. The average Bonchev–Trinajstić information content (AvgIpc) is 3.91. The number of para-hydroxylation sites is 6. The van der Waals surface area contributed by atoms with Crippen LogP contribution in [0.4, 0.5) is 34.1 Å². The molecule has 0 atom stereocenters. The number of hydrogen-bond acceptors (Lipinski definition) is 2. The lowest BCUT2D eigenvalue weighted by Crippen LogP contribution is -2.14. The summed E-state index contributed by atoms with van der Waals surface area (Å²) in [5.74, 6) is 0. The minimum Gasteiger partial charge on any atom is -0.309 e. The van der Waals surface area contributed by atoms with Gasteiger partial charge in [-0.1, -0.05) is 158 Å². The van der Waals surface area contributed by atoms with Crippen LogP contribution in [0, 0.1) is 0 Å². The van der Waals surface area contributed by atoms with Crippen molar-refractivity contribution >= 4 is 99.3 Å². The highest BCUT2D eigenvalue weighted by Gasteiger charge is 2.26. The van der Waals surface area contributed by atoms with Crippen molar-refractivity contribution in [1.82, 2.24) is 9.13 Å². The Kier molecular flexibility index (Phi) is 8.81. The lowest BCUT2D eigenvalue weighted by molar-refractivity contribution is 1.17. The van der Waals surface area contributed by atoms with E-state index in [0.717, 1.165) is 67.0 Å². The van der Waals surface area contributed by atoms with Crippen LogP contribution in [-0.2, 0) is 0 Å². The van der Waals surface area contributed by atoms with Crippen LogP contribution < -0.4 is 9.80 Å². The quantitative estimate of drug-likeness (QED) is 0.112. The molecule has 0 bridgehead atoms. The Morgan fingerprint density at radius 1 is 0.197 bits per heavy atom. The summed E-state index contributed by atoms with van der Waals surface area (Å²) in [5.41, 5.74) is 13.6. The van der Waals surface area contributed by atoms with Gasteiger partial charge in [0.25, 0.3) is 0 Å². The first-order valence-electron chi connectivity index (χ1n) is 22.6. The molecule has 13 rings (SSSR count). The van der Waals surface area contributed by atoms with Crippen LogP contribution >= 0.6 is 0 Å². The SMILES string of the molecule is c1ccc(N(c2ccc(-n3c4ccccc4c4ccccc43)cc2)c2c3ccccc3c(N(c3ccccc3)c3ccc(-n4c5ccccc5c5ccccc54)cc3)c3ccccc23)cc1. The second kappa shape index (κ2) is 15.4. The number of benzene rings is 11. The third-order valence-electron chi connectivity index (χ3n) is 13.2. The van der Waals surface area contributed by atoms with Crippen molar-refractivity contribution in [1.29, 1.82) is 0 Å². The Morgan fingerprint density at radius 3 is 0.712 bits per heavy atom. The van der Waals surface area contributed by atoms with Crippen molar-refractivity contribution in [3.8, 4) is 11.4 Å². The third kappa shape index (κ3) is 5.93. The molecular weight excluding hydrogens is 801 g/mol. The molecule has 4 heteroatoms. The van der Waals surface area contributed by atoms with Crippen molar-refractivity contribution in [3.05, 3.63) is 255 Å². The smallest absolute Gasteiger partial charge is 0.0619 e. The monoisotopic (exact) mass is 842 g/mol. The number of anilines is 6. The molecule has 0 saturated carbocycles. The van der Waals surface area contributed by atoms with Crippen molar-refractivity contribution in [2.45, 2.75) is 0 Å². The van der Waals surface area contributed by atoms with E-state index in [4.69, 9.17) is 0 Å². The predicted octanol–water partition coefficient (Wildman–Crippen LogP) is 17.1. The van der Waals surface area contributed by atoms with Crippen LogP contribution in [0.5, 0.6) is 0 Å². The fourth-order valence-electron chi connectivity index (χ4n) is 10.4. The highest BCUT2D eigenvalue weighted by Crippen LogP contribution is 2.51. The second-order valence-corrected chi connectivity index (χ2v) is 16.9. The topological polar surface area (TPSA) is 16.3 Å². The Bertz CT molecular complexity index is 3500. The van der Waals surface area contributed by atoms with Crippen LogP contribution in [0.15, 0.2) is 255 Å². The molecule has 2 heterocycles. The summed E-state index contributed by atoms with van der Waals surface area (Å²) in [6, 6.07) is 92.4. The van der Waals surface area contributed by atoms with E-state index in [0.29, 0.717) is 0 Å². The summed E-state index contributed by atoms with van der Waals surface area (Å²) in [6.07, 6.45) is 0. The van der Waals surface area contributed by atoms with Crippen LogP contribution in [0.1, 0.15) is 0 Å². The molecule has 310 valence electrons. The standard InChI is InChI=1S/C62H42N4/c1-3-19-43(20-4-1)63(45-35-39-47(40-36-45)65-57-31-15-11-23-49(57)50-24-12-16-32-58(50)65)61-53-27-7-9-29-55(53)62(56-30-10-8-28-54(56)61)64(44-21-5-2-6-22-44)46-37-41-48(42-38-46)66-59-33-17-13-25-51(59)52-26-14-18-34-60(52)66/h1-42H. The number of hydrogen-bond donors (Lipinski definition) is 0. The zero-order chi connectivity index (χ0) is 43.6. The maximum Gasteiger partial charge on any atom is 0.0619 e. The lowest BCUT2D eigenvalue weighted by Gasteiger charge is -2.33. The zero-order valence-electron chi connectivity index (χ0n) is 36.0. The minimum absolute atomic E-state index is 1.08. The predicted molar refractivity (Wildman–Crippen MR) is 279 cm³/mol. The zero-order valence-corrected chi connectivity index (χ0v) is 36.0. The Morgan fingerprint density at radius 2 is 0.424 bits per heavy atom. The molecule has 0 radical (unpaired) electrons. The molecule has 0 saturated heterocycles. The maximum absolute atomic E-state index is 2.44. The molecule has 0 aliphatic carbocycles. The van der Waals surface area contributed by atoms with Gasteiger partial charge in [0.05, 0.1) is 33.4 Å². The van der Waals surface area contributed by atoms with Gasteiger partial charge in [-0.2, -0.15) is 0 Å². The molecule has 0 aliphatic heterocycles. The summed E-state index contributed by atoms with van der Waals surface area (Å²) in [4.78, 5) is 4.88.